The van der Waals surface area contributed by atoms with Crippen LogP contribution in [0.25, 0.3) is 0 Å². The summed E-state index contributed by atoms with van der Waals surface area (Å²) in [6, 6.07) is 4.90. The lowest BCUT2D eigenvalue weighted by Crippen LogP contribution is -2.30. The van der Waals surface area contributed by atoms with Gasteiger partial charge in [0.15, 0.2) is 0 Å². The van der Waals surface area contributed by atoms with E-state index in [2.05, 4.69) is 5.32 Å². The van der Waals surface area contributed by atoms with E-state index in [1.54, 1.807) is 0 Å². The summed E-state index contributed by atoms with van der Waals surface area (Å²) >= 11 is 0. The highest BCUT2D eigenvalue weighted by Gasteiger charge is 2.30. The summed E-state index contributed by atoms with van der Waals surface area (Å²) in [7, 11) is 0. The normalized spacial score (nSPS) is 21.9. The number of carbonyl (C=O) groups is 1. The standard InChI is InChI=1S/C17H22F3NO2/c1-12-9-13(6-8-23-12)5-7-21-16(22)11-14-3-2-4-15(10-14)17(18,19)20/h2-4,10,12-13H,5-9,11H2,1H3,(H,21,22). The second-order valence-corrected chi connectivity index (χ2v) is 6.09. The Morgan fingerprint density at radius 3 is 2.87 bits per heavy atom. The highest BCUT2D eigenvalue weighted by Crippen LogP contribution is 2.29. The Morgan fingerprint density at radius 1 is 1.39 bits per heavy atom. The zero-order chi connectivity index (χ0) is 16.9. The fourth-order valence-electron chi connectivity index (χ4n) is 2.87. The summed E-state index contributed by atoms with van der Waals surface area (Å²) in [6.07, 6.45) is -1.30. The first-order valence-electron chi connectivity index (χ1n) is 7.89. The van der Waals surface area contributed by atoms with Crippen molar-refractivity contribution in [2.75, 3.05) is 13.2 Å². The number of hydrogen-bond acceptors (Lipinski definition) is 2. The van der Waals surface area contributed by atoms with Gasteiger partial charge < -0.3 is 10.1 Å². The Hall–Kier alpha value is -1.56. The Kier molecular flexibility index (Phi) is 6.04. The van der Waals surface area contributed by atoms with Gasteiger partial charge in [0.05, 0.1) is 18.1 Å². The maximum atomic E-state index is 12.6. The smallest absolute Gasteiger partial charge is 0.378 e. The highest BCUT2D eigenvalue weighted by atomic mass is 19.4. The summed E-state index contributed by atoms with van der Waals surface area (Å²) in [5.41, 5.74) is -0.351. The number of hydrogen-bond donors (Lipinski definition) is 1. The highest BCUT2D eigenvalue weighted by molar-refractivity contribution is 5.78. The molecule has 1 aliphatic heterocycles. The van der Waals surface area contributed by atoms with Crippen LogP contribution in [0.4, 0.5) is 13.2 Å². The largest absolute Gasteiger partial charge is 0.416 e. The molecule has 1 N–H and O–H groups in total. The van der Waals surface area contributed by atoms with E-state index < -0.39 is 11.7 Å². The van der Waals surface area contributed by atoms with Gasteiger partial charge in [0, 0.05) is 13.2 Å². The van der Waals surface area contributed by atoms with E-state index in [-0.39, 0.29) is 18.4 Å². The third kappa shape index (κ3) is 5.86. The SMILES string of the molecule is CC1CC(CCNC(=O)Cc2cccc(C(F)(F)F)c2)CCO1. The molecule has 1 aliphatic rings. The molecule has 1 heterocycles. The van der Waals surface area contributed by atoms with Gasteiger partial charge in [-0.15, -0.1) is 0 Å². The van der Waals surface area contributed by atoms with Crippen molar-refractivity contribution in [2.45, 2.75) is 44.9 Å². The maximum absolute atomic E-state index is 12.6. The van der Waals surface area contributed by atoms with E-state index >= 15 is 0 Å². The quantitative estimate of drug-likeness (QED) is 0.897. The summed E-state index contributed by atoms with van der Waals surface area (Å²) in [6.45, 7) is 3.34. The van der Waals surface area contributed by atoms with E-state index in [9.17, 15) is 18.0 Å². The van der Waals surface area contributed by atoms with Gasteiger partial charge in [-0.05, 0) is 43.7 Å². The van der Waals surface area contributed by atoms with E-state index in [0.717, 1.165) is 38.0 Å². The van der Waals surface area contributed by atoms with E-state index in [1.165, 1.54) is 12.1 Å². The maximum Gasteiger partial charge on any atom is 0.416 e. The van der Waals surface area contributed by atoms with Gasteiger partial charge in [0.25, 0.3) is 0 Å². The molecule has 128 valence electrons. The van der Waals surface area contributed by atoms with Crippen molar-refractivity contribution in [3.63, 3.8) is 0 Å². The number of alkyl halides is 3. The number of halogens is 3. The number of benzene rings is 1. The zero-order valence-corrected chi connectivity index (χ0v) is 13.2. The Labute approximate surface area is 134 Å². The van der Waals surface area contributed by atoms with Crippen molar-refractivity contribution in [2.24, 2.45) is 5.92 Å². The van der Waals surface area contributed by atoms with Crippen molar-refractivity contribution in [3.8, 4) is 0 Å². The monoisotopic (exact) mass is 329 g/mol. The van der Waals surface area contributed by atoms with Crippen molar-refractivity contribution in [3.05, 3.63) is 35.4 Å². The number of carbonyl (C=O) groups excluding carboxylic acids is 1. The molecule has 1 aromatic rings. The molecule has 0 aliphatic carbocycles. The molecule has 0 radical (unpaired) electrons. The van der Waals surface area contributed by atoms with Gasteiger partial charge in [0.2, 0.25) is 5.91 Å². The van der Waals surface area contributed by atoms with Crippen LogP contribution in [0.15, 0.2) is 24.3 Å². The summed E-state index contributed by atoms with van der Waals surface area (Å²) in [5.74, 6) is 0.289. The molecule has 0 spiro atoms. The van der Waals surface area contributed by atoms with E-state index in [4.69, 9.17) is 4.74 Å². The molecule has 2 rings (SSSR count). The van der Waals surface area contributed by atoms with E-state index in [1.807, 2.05) is 6.92 Å². The molecule has 1 aromatic carbocycles. The Balaban J connectivity index is 1.76. The summed E-state index contributed by atoms with van der Waals surface area (Å²) < 4.78 is 43.4. The summed E-state index contributed by atoms with van der Waals surface area (Å²) in [5, 5.41) is 2.79. The summed E-state index contributed by atoms with van der Waals surface area (Å²) in [4.78, 5) is 11.9. The minimum absolute atomic E-state index is 0.0336. The van der Waals surface area contributed by atoms with Gasteiger partial charge in [-0.3, -0.25) is 4.79 Å². The third-order valence-corrected chi connectivity index (χ3v) is 4.09. The molecule has 1 fully saturated rings. The molecule has 0 aromatic heterocycles. The molecule has 2 unspecified atom stereocenters. The lowest BCUT2D eigenvalue weighted by molar-refractivity contribution is -0.137. The fourth-order valence-corrected chi connectivity index (χ4v) is 2.87. The van der Waals surface area contributed by atoms with Gasteiger partial charge in [-0.2, -0.15) is 13.2 Å². The average Bonchev–Trinajstić information content (AvgIpc) is 2.46. The molecule has 0 bridgehead atoms. The zero-order valence-electron chi connectivity index (χ0n) is 13.2. The molecule has 23 heavy (non-hydrogen) atoms. The molecule has 1 amide bonds. The van der Waals surface area contributed by atoms with E-state index in [0.29, 0.717) is 18.0 Å². The molecular formula is C17H22F3NO2. The minimum Gasteiger partial charge on any atom is -0.378 e. The van der Waals surface area contributed by atoms with Crippen LogP contribution in [-0.2, 0) is 22.1 Å². The van der Waals surface area contributed by atoms with Crippen molar-refractivity contribution in [1.29, 1.82) is 0 Å². The predicted molar refractivity (Wildman–Crippen MR) is 80.9 cm³/mol. The first kappa shape index (κ1) is 17.8. The first-order chi connectivity index (χ1) is 10.8. The average molecular weight is 329 g/mol. The first-order valence-corrected chi connectivity index (χ1v) is 7.89. The van der Waals surface area contributed by atoms with Crippen LogP contribution in [0, 0.1) is 5.92 Å². The molecule has 1 saturated heterocycles. The number of rotatable bonds is 5. The lowest BCUT2D eigenvalue weighted by Gasteiger charge is -2.27. The van der Waals surface area contributed by atoms with Crippen molar-refractivity contribution in [1.82, 2.24) is 5.32 Å². The lowest BCUT2D eigenvalue weighted by atomic mass is 9.93. The van der Waals surface area contributed by atoms with Crippen LogP contribution in [-0.4, -0.2) is 25.2 Å². The van der Waals surface area contributed by atoms with Gasteiger partial charge in [-0.25, -0.2) is 0 Å². The molecule has 3 nitrogen and oxygen atoms in total. The molecule has 2 atom stereocenters. The fraction of sp³-hybridized carbons (Fsp3) is 0.588. The van der Waals surface area contributed by atoms with Crippen LogP contribution in [0.1, 0.15) is 37.3 Å². The number of nitrogens with one attached hydrogen (secondary N) is 1. The van der Waals surface area contributed by atoms with Gasteiger partial charge >= 0.3 is 6.18 Å². The van der Waals surface area contributed by atoms with Crippen LogP contribution in [0.3, 0.4) is 0 Å². The van der Waals surface area contributed by atoms with Gasteiger partial charge in [0.1, 0.15) is 0 Å². The second-order valence-electron chi connectivity index (χ2n) is 6.09. The van der Waals surface area contributed by atoms with Crippen LogP contribution in [0.2, 0.25) is 0 Å². The van der Waals surface area contributed by atoms with Gasteiger partial charge in [-0.1, -0.05) is 18.2 Å². The van der Waals surface area contributed by atoms with Crippen LogP contribution >= 0.6 is 0 Å². The number of amides is 1. The van der Waals surface area contributed by atoms with Crippen LogP contribution < -0.4 is 5.32 Å². The molecular weight excluding hydrogens is 307 g/mol. The van der Waals surface area contributed by atoms with Crippen molar-refractivity contribution >= 4 is 5.91 Å². The third-order valence-electron chi connectivity index (χ3n) is 4.09. The molecule has 0 saturated carbocycles. The van der Waals surface area contributed by atoms with Crippen LogP contribution in [0.5, 0.6) is 0 Å². The Bertz CT molecular complexity index is 531. The molecule has 6 heteroatoms. The second kappa shape index (κ2) is 7.81. The van der Waals surface area contributed by atoms with Crippen molar-refractivity contribution < 1.29 is 22.7 Å². The number of ether oxygens (including phenoxy) is 1. The predicted octanol–water partition coefficient (Wildman–Crippen LogP) is 3.57. The minimum atomic E-state index is -4.38. The Morgan fingerprint density at radius 2 is 2.17 bits per heavy atom. The topological polar surface area (TPSA) is 38.3 Å².